The number of rotatable bonds is 5. The van der Waals surface area contributed by atoms with Crippen molar-refractivity contribution in [2.75, 3.05) is 5.32 Å². The molecule has 0 spiro atoms. The Morgan fingerprint density at radius 3 is 2.72 bits per heavy atom. The number of hydrogen-bond acceptors (Lipinski definition) is 3. The predicted molar refractivity (Wildman–Crippen MR) is 73.9 cm³/mol. The van der Waals surface area contributed by atoms with Crippen molar-refractivity contribution in [3.63, 3.8) is 0 Å². The third-order valence-corrected chi connectivity index (χ3v) is 3.41. The zero-order valence-corrected chi connectivity index (χ0v) is 11.2. The first-order valence-electron chi connectivity index (χ1n) is 6.41. The summed E-state index contributed by atoms with van der Waals surface area (Å²) in [5.74, 6) is 1.53. The molecule has 2 heterocycles. The predicted octanol–water partition coefficient (Wildman–Crippen LogP) is 3.11. The van der Waals surface area contributed by atoms with Crippen LogP contribution in [0.4, 0.5) is 5.69 Å². The molecule has 0 aliphatic carbocycles. The summed E-state index contributed by atoms with van der Waals surface area (Å²) in [5, 5.41) is 3.48. The lowest BCUT2D eigenvalue weighted by Gasteiger charge is -2.20. The summed E-state index contributed by atoms with van der Waals surface area (Å²) >= 11 is 0. The maximum atomic E-state index is 4.42. The average molecular weight is 244 g/mol. The van der Waals surface area contributed by atoms with Crippen molar-refractivity contribution in [3.8, 4) is 5.82 Å². The lowest BCUT2D eigenvalue weighted by Crippen LogP contribution is -2.23. The van der Waals surface area contributed by atoms with Crippen molar-refractivity contribution in [1.82, 2.24) is 14.5 Å². The van der Waals surface area contributed by atoms with Crippen LogP contribution in [0.25, 0.3) is 5.82 Å². The van der Waals surface area contributed by atoms with Crippen LogP contribution in [0.3, 0.4) is 0 Å². The summed E-state index contributed by atoms with van der Waals surface area (Å²) in [6, 6.07) is 4.50. The molecule has 2 rings (SSSR count). The Morgan fingerprint density at radius 2 is 2.17 bits per heavy atom. The van der Waals surface area contributed by atoms with Crippen LogP contribution in [0.1, 0.15) is 27.2 Å². The average Bonchev–Trinajstić information content (AvgIpc) is 2.92. The van der Waals surface area contributed by atoms with Crippen molar-refractivity contribution in [2.45, 2.75) is 33.2 Å². The molecule has 2 unspecified atom stereocenters. The first-order chi connectivity index (χ1) is 8.70. The van der Waals surface area contributed by atoms with Crippen LogP contribution in [-0.2, 0) is 0 Å². The first-order valence-corrected chi connectivity index (χ1v) is 6.41. The summed E-state index contributed by atoms with van der Waals surface area (Å²) in [6.45, 7) is 6.67. The molecular weight excluding hydrogens is 224 g/mol. The maximum absolute atomic E-state index is 4.42. The van der Waals surface area contributed by atoms with E-state index in [-0.39, 0.29) is 0 Å². The number of hydrogen-bond donors (Lipinski definition) is 1. The van der Waals surface area contributed by atoms with Gasteiger partial charge in [-0.3, -0.25) is 4.57 Å². The zero-order chi connectivity index (χ0) is 13.0. The monoisotopic (exact) mass is 244 g/mol. The van der Waals surface area contributed by atoms with Gasteiger partial charge in [0, 0.05) is 18.4 Å². The molecule has 2 atom stereocenters. The van der Waals surface area contributed by atoms with E-state index in [9.17, 15) is 0 Å². The van der Waals surface area contributed by atoms with Gasteiger partial charge in [0.1, 0.15) is 12.1 Å². The van der Waals surface area contributed by atoms with Gasteiger partial charge in [0.25, 0.3) is 0 Å². The molecule has 0 aliphatic heterocycles. The van der Waals surface area contributed by atoms with Gasteiger partial charge in [-0.05, 0) is 25.0 Å². The van der Waals surface area contributed by atoms with Gasteiger partial charge in [-0.2, -0.15) is 0 Å². The maximum Gasteiger partial charge on any atom is 0.137 e. The number of pyridine rings is 1. The standard InChI is InChI=1S/C14H20N4/c1-4-11(2)12(3)17-13-5-6-14(16-9-13)18-8-7-15-10-18/h5-12,17H,4H2,1-3H3. The Balaban J connectivity index is 2.04. The smallest absolute Gasteiger partial charge is 0.137 e. The Labute approximate surface area is 108 Å². The summed E-state index contributed by atoms with van der Waals surface area (Å²) in [7, 11) is 0. The molecule has 4 heteroatoms. The molecule has 0 radical (unpaired) electrons. The Bertz CT molecular complexity index is 461. The Kier molecular flexibility index (Phi) is 3.97. The minimum absolute atomic E-state index is 0.455. The number of aromatic nitrogens is 3. The highest BCUT2D eigenvalue weighted by atomic mass is 15.1. The fourth-order valence-electron chi connectivity index (χ4n) is 1.78. The molecule has 2 aromatic rings. The summed E-state index contributed by atoms with van der Waals surface area (Å²) in [6.07, 6.45) is 8.43. The minimum Gasteiger partial charge on any atom is -0.381 e. The summed E-state index contributed by atoms with van der Waals surface area (Å²) in [4.78, 5) is 8.43. The fourth-order valence-corrected chi connectivity index (χ4v) is 1.78. The first kappa shape index (κ1) is 12.6. The number of anilines is 1. The Morgan fingerprint density at radius 1 is 1.33 bits per heavy atom. The van der Waals surface area contributed by atoms with Crippen LogP contribution < -0.4 is 5.32 Å². The van der Waals surface area contributed by atoms with Crippen molar-refractivity contribution in [3.05, 3.63) is 37.1 Å². The van der Waals surface area contributed by atoms with Crippen molar-refractivity contribution in [2.24, 2.45) is 5.92 Å². The van der Waals surface area contributed by atoms with Crippen LogP contribution in [0.5, 0.6) is 0 Å². The van der Waals surface area contributed by atoms with Crippen molar-refractivity contribution < 1.29 is 0 Å². The third-order valence-electron chi connectivity index (χ3n) is 3.41. The normalized spacial score (nSPS) is 14.2. The summed E-state index contributed by atoms with van der Waals surface area (Å²) in [5.41, 5.74) is 1.06. The molecule has 2 aromatic heterocycles. The second kappa shape index (κ2) is 5.67. The van der Waals surface area contributed by atoms with Gasteiger partial charge in [-0.1, -0.05) is 20.3 Å². The van der Waals surface area contributed by atoms with E-state index in [1.807, 2.05) is 23.0 Å². The highest BCUT2D eigenvalue weighted by Crippen LogP contribution is 2.15. The van der Waals surface area contributed by atoms with Crippen LogP contribution >= 0.6 is 0 Å². The second-order valence-electron chi connectivity index (χ2n) is 4.69. The van der Waals surface area contributed by atoms with E-state index >= 15 is 0 Å². The molecule has 4 nitrogen and oxygen atoms in total. The number of nitrogens with zero attached hydrogens (tertiary/aromatic N) is 3. The molecule has 0 saturated carbocycles. The minimum atomic E-state index is 0.455. The van der Waals surface area contributed by atoms with E-state index in [1.54, 1.807) is 12.5 Å². The number of nitrogens with one attached hydrogen (secondary N) is 1. The fraction of sp³-hybridized carbons (Fsp3) is 0.429. The Hall–Kier alpha value is -1.84. The van der Waals surface area contributed by atoms with Crippen molar-refractivity contribution in [1.29, 1.82) is 0 Å². The van der Waals surface area contributed by atoms with Gasteiger partial charge >= 0.3 is 0 Å². The summed E-state index contributed by atoms with van der Waals surface area (Å²) < 4.78 is 1.89. The molecule has 1 N–H and O–H groups in total. The van der Waals surface area contributed by atoms with Crippen LogP contribution in [0, 0.1) is 5.92 Å². The van der Waals surface area contributed by atoms with Gasteiger partial charge in [0.2, 0.25) is 0 Å². The largest absolute Gasteiger partial charge is 0.381 e. The van der Waals surface area contributed by atoms with Crippen molar-refractivity contribution >= 4 is 5.69 Å². The van der Waals surface area contributed by atoms with E-state index in [1.165, 1.54) is 6.42 Å². The topological polar surface area (TPSA) is 42.7 Å². The lowest BCUT2D eigenvalue weighted by molar-refractivity contribution is 0.494. The SMILES string of the molecule is CCC(C)C(C)Nc1ccc(-n2ccnc2)nc1. The zero-order valence-electron chi connectivity index (χ0n) is 11.2. The van der Waals surface area contributed by atoms with E-state index < -0.39 is 0 Å². The van der Waals surface area contributed by atoms with Gasteiger partial charge < -0.3 is 5.32 Å². The van der Waals surface area contributed by atoms with Crippen LogP contribution in [-0.4, -0.2) is 20.6 Å². The van der Waals surface area contributed by atoms with Crippen LogP contribution in [0.15, 0.2) is 37.1 Å². The molecule has 0 bridgehead atoms. The van der Waals surface area contributed by atoms with Gasteiger partial charge in [-0.25, -0.2) is 9.97 Å². The lowest BCUT2D eigenvalue weighted by atomic mass is 10.0. The van der Waals surface area contributed by atoms with E-state index in [0.29, 0.717) is 12.0 Å². The van der Waals surface area contributed by atoms with Crippen LogP contribution in [0.2, 0.25) is 0 Å². The molecule has 18 heavy (non-hydrogen) atoms. The van der Waals surface area contributed by atoms with Gasteiger partial charge in [-0.15, -0.1) is 0 Å². The van der Waals surface area contributed by atoms with E-state index in [4.69, 9.17) is 0 Å². The number of imidazole rings is 1. The molecule has 0 aliphatic rings. The molecule has 96 valence electrons. The van der Waals surface area contributed by atoms with Gasteiger partial charge in [0.15, 0.2) is 0 Å². The van der Waals surface area contributed by atoms with E-state index in [0.717, 1.165) is 11.5 Å². The quantitative estimate of drug-likeness (QED) is 0.878. The molecule has 0 amide bonds. The molecule has 0 aromatic carbocycles. The second-order valence-corrected chi connectivity index (χ2v) is 4.69. The molecule has 0 fully saturated rings. The molecule has 0 saturated heterocycles. The van der Waals surface area contributed by atoms with E-state index in [2.05, 4.69) is 42.1 Å². The third kappa shape index (κ3) is 2.88. The highest BCUT2D eigenvalue weighted by Gasteiger charge is 2.09. The van der Waals surface area contributed by atoms with Gasteiger partial charge in [0.05, 0.1) is 11.9 Å². The molecular formula is C14H20N4. The highest BCUT2D eigenvalue weighted by molar-refractivity contribution is 5.44.